The van der Waals surface area contributed by atoms with Gasteiger partial charge in [-0.15, -0.1) is 0 Å². The fourth-order valence-electron chi connectivity index (χ4n) is 3.40. The van der Waals surface area contributed by atoms with Crippen molar-refractivity contribution in [3.8, 4) is 5.75 Å². The van der Waals surface area contributed by atoms with E-state index < -0.39 is 10.0 Å². The zero-order valence-corrected chi connectivity index (χ0v) is 16.9. The van der Waals surface area contributed by atoms with Crippen LogP contribution in [0.15, 0.2) is 53.4 Å². The van der Waals surface area contributed by atoms with Crippen molar-refractivity contribution in [2.45, 2.75) is 30.1 Å². The number of phenolic OH excluding ortho intramolecular Hbond substituents is 1. The Morgan fingerprint density at radius 2 is 1.75 bits per heavy atom. The molecule has 3 rings (SSSR count). The molecule has 0 unspecified atom stereocenters. The van der Waals surface area contributed by atoms with Crippen LogP contribution < -0.4 is 4.72 Å². The molecular formula is C20H23ClN2O4S. The van der Waals surface area contributed by atoms with E-state index in [1.54, 1.807) is 29.2 Å². The Balaban J connectivity index is 1.47. The summed E-state index contributed by atoms with van der Waals surface area (Å²) in [4.78, 5) is 14.2. The highest BCUT2D eigenvalue weighted by molar-refractivity contribution is 7.89. The third-order valence-electron chi connectivity index (χ3n) is 4.97. The Hall–Kier alpha value is -2.09. The Morgan fingerprint density at radius 3 is 2.39 bits per heavy atom. The van der Waals surface area contributed by atoms with Gasteiger partial charge in [0, 0.05) is 26.1 Å². The summed E-state index contributed by atoms with van der Waals surface area (Å²) in [7, 11) is -3.74. The Morgan fingerprint density at radius 1 is 1.11 bits per heavy atom. The molecule has 0 spiro atoms. The molecule has 1 saturated heterocycles. The van der Waals surface area contributed by atoms with Gasteiger partial charge < -0.3 is 10.0 Å². The number of sulfonamides is 1. The van der Waals surface area contributed by atoms with E-state index in [-0.39, 0.29) is 34.5 Å². The summed E-state index contributed by atoms with van der Waals surface area (Å²) in [6.07, 6.45) is 1.80. The lowest BCUT2D eigenvalue weighted by Crippen LogP contribution is -2.39. The Labute approximate surface area is 170 Å². The number of carbonyl (C=O) groups is 1. The predicted molar refractivity (Wildman–Crippen MR) is 108 cm³/mol. The average molecular weight is 423 g/mol. The van der Waals surface area contributed by atoms with E-state index in [1.165, 1.54) is 12.1 Å². The first kappa shape index (κ1) is 20.6. The molecule has 0 bridgehead atoms. The Kier molecular flexibility index (Phi) is 6.59. The maximum atomic E-state index is 12.4. The topological polar surface area (TPSA) is 86.7 Å². The minimum absolute atomic E-state index is 0.0128. The van der Waals surface area contributed by atoms with Crippen molar-refractivity contribution in [3.05, 3.63) is 59.1 Å². The smallest absolute Gasteiger partial charge is 0.242 e. The molecule has 0 radical (unpaired) electrons. The molecule has 6 nitrogen and oxygen atoms in total. The van der Waals surface area contributed by atoms with Gasteiger partial charge in [0.1, 0.15) is 10.6 Å². The van der Waals surface area contributed by atoms with Gasteiger partial charge in [-0.05, 0) is 48.6 Å². The molecular weight excluding hydrogens is 400 g/mol. The lowest BCUT2D eigenvalue weighted by molar-refractivity contribution is -0.132. The molecule has 1 amide bonds. The number of halogens is 1. The number of benzene rings is 2. The number of nitrogens with one attached hydrogen (secondary N) is 1. The maximum absolute atomic E-state index is 12.4. The van der Waals surface area contributed by atoms with Gasteiger partial charge in [0.25, 0.3) is 0 Å². The zero-order valence-electron chi connectivity index (χ0n) is 15.3. The highest BCUT2D eigenvalue weighted by atomic mass is 35.5. The molecule has 28 heavy (non-hydrogen) atoms. The number of carbonyl (C=O) groups excluding carboxylic acids is 1. The van der Waals surface area contributed by atoms with Crippen molar-refractivity contribution in [2.24, 2.45) is 0 Å². The van der Waals surface area contributed by atoms with Gasteiger partial charge in [0.2, 0.25) is 15.9 Å². The highest BCUT2D eigenvalue weighted by Crippen LogP contribution is 2.29. The second-order valence-electron chi connectivity index (χ2n) is 6.82. The van der Waals surface area contributed by atoms with Crippen LogP contribution in [0.25, 0.3) is 0 Å². The van der Waals surface area contributed by atoms with Crippen molar-refractivity contribution in [3.63, 3.8) is 0 Å². The molecule has 150 valence electrons. The summed E-state index contributed by atoms with van der Waals surface area (Å²) >= 11 is 5.94. The number of amides is 1. The van der Waals surface area contributed by atoms with Crippen LogP contribution in [0, 0.1) is 0 Å². The Bertz CT molecular complexity index is 923. The number of hydrogen-bond donors (Lipinski definition) is 2. The second kappa shape index (κ2) is 8.94. The molecule has 1 heterocycles. The van der Waals surface area contributed by atoms with E-state index in [0.717, 1.165) is 18.4 Å². The van der Waals surface area contributed by atoms with E-state index in [9.17, 15) is 18.3 Å². The quantitative estimate of drug-likeness (QED) is 0.748. The van der Waals surface area contributed by atoms with Crippen LogP contribution in [-0.2, 0) is 14.8 Å². The van der Waals surface area contributed by atoms with Gasteiger partial charge in [-0.1, -0.05) is 35.9 Å². The summed E-state index contributed by atoms with van der Waals surface area (Å²) in [5, 5.41) is 9.54. The number of piperidine rings is 1. The minimum Gasteiger partial charge on any atom is -0.508 e. The first-order valence-corrected chi connectivity index (χ1v) is 11.0. The molecule has 1 aliphatic heterocycles. The van der Waals surface area contributed by atoms with E-state index in [2.05, 4.69) is 4.72 Å². The first-order valence-electron chi connectivity index (χ1n) is 9.18. The van der Waals surface area contributed by atoms with E-state index >= 15 is 0 Å². The van der Waals surface area contributed by atoms with Crippen LogP contribution in [0.1, 0.15) is 30.7 Å². The van der Waals surface area contributed by atoms with Crippen LogP contribution in [0.5, 0.6) is 5.75 Å². The number of nitrogens with zero attached hydrogens (tertiary/aromatic N) is 1. The van der Waals surface area contributed by atoms with Crippen molar-refractivity contribution >= 4 is 27.5 Å². The average Bonchev–Trinajstić information content (AvgIpc) is 2.69. The van der Waals surface area contributed by atoms with Crippen molar-refractivity contribution in [2.75, 3.05) is 19.6 Å². The maximum Gasteiger partial charge on any atom is 0.242 e. The summed E-state index contributed by atoms with van der Waals surface area (Å²) in [5.74, 6) is 0.546. The molecule has 8 heteroatoms. The van der Waals surface area contributed by atoms with E-state index in [1.807, 2.05) is 12.1 Å². The van der Waals surface area contributed by atoms with Crippen molar-refractivity contribution in [1.82, 2.24) is 9.62 Å². The first-order chi connectivity index (χ1) is 13.4. The zero-order chi connectivity index (χ0) is 20.1. The van der Waals surface area contributed by atoms with Crippen LogP contribution >= 0.6 is 11.6 Å². The third kappa shape index (κ3) is 5.04. The van der Waals surface area contributed by atoms with Crippen molar-refractivity contribution < 1.29 is 18.3 Å². The van der Waals surface area contributed by atoms with Crippen LogP contribution in [0.3, 0.4) is 0 Å². The molecule has 2 aromatic carbocycles. The summed E-state index contributed by atoms with van der Waals surface area (Å²) in [5.41, 5.74) is 1.16. The minimum atomic E-state index is -3.74. The van der Waals surface area contributed by atoms with E-state index in [4.69, 9.17) is 11.6 Å². The normalized spacial score (nSPS) is 15.5. The summed E-state index contributed by atoms with van der Waals surface area (Å²) in [6, 6.07) is 13.4. The van der Waals surface area contributed by atoms with Crippen LogP contribution in [0.4, 0.5) is 0 Å². The fraction of sp³-hybridized carbons (Fsp3) is 0.350. The largest absolute Gasteiger partial charge is 0.508 e. The monoisotopic (exact) mass is 422 g/mol. The van der Waals surface area contributed by atoms with Gasteiger partial charge in [-0.3, -0.25) is 4.79 Å². The summed E-state index contributed by atoms with van der Waals surface area (Å²) in [6.45, 7) is 1.31. The highest BCUT2D eigenvalue weighted by Gasteiger charge is 2.24. The third-order valence-corrected chi connectivity index (χ3v) is 6.93. The molecule has 0 aliphatic carbocycles. The molecule has 1 fully saturated rings. The number of aromatic hydroxyl groups is 1. The van der Waals surface area contributed by atoms with Crippen LogP contribution in [0.2, 0.25) is 5.02 Å². The lowest BCUT2D eigenvalue weighted by atomic mass is 9.89. The molecule has 0 atom stereocenters. The number of phenols is 1. The fourth-order valence-corrected chi connectivity index (χ4v) is 4.95. The SMILES string of the molecule is O=C(CCNS(=O)(=O)c1ccccc1Cl)N1CCC(c2ccc(O)cc2)CC1. The van der Waals surface area contributed by atoms with Gasteiger partial charge in [0.05, 0.1) is 5.02 Å². The van der Waals surface area contributed by atoms with Gasteiger partial charge in [-0.25, -0.2) is 13.1 Å². The second-order valence-corrected chi connectivity index (χ2v) is 8.97. The molecule has 0 saturated carbocycles. The molecule has 2 N–H and O–H groups in total. The standard InChI is InChI=1S/C20H23ClN2O4S/c21-18-3-1-2-4-19(18)28(26,27)22-12-9-20(25)23-13-10-16(11-14-23)15-5-7-17(24)8-6-15/h1-8,16,22,24H,9-14H2. The van der Waals surface area contributed by atoms with Crippen LogP contribution in [-0.4, -0.2) is 44.0 Å². The number of hydrogen-bond acceptors (Lipinski definition) is 4. The number of rotatable bonds is 6. The van der Waals surface area contributed by atoms with E-state index in [0.29, 0.717) is 19.0 Å². The predicted octanol–water partition coefficient (Wildman–Crippen LogP) is 3.12. The molecule has 2 aromatic rings. The number of likely N-dealkylation sites (tertiary alicyclic amines) is 1. The van der Waals surface area contributed by atoms with Gasteiger partial charge >= 0.3 is 0 Å². The summed E-state index contributed by atoms with van der Waals surface area (Å²) < 4.78 is 27.0. The van der Waals surface area contributed by atoms with Gasteiger partial charge in [0.15, 0.2) is 0 Å². The lowest BCUT2D eigenvalue weighted by Gasteiger charge is -2.32. The molecule has 1 aliphatic rings. The molecule has 0 aromatic heterocycles. The van der Waals surface area contributed by atoms with Gasteiger partial charge in [-0.2, -0.15) is 0 Å². The van der Waals surface area contributed by atoms with Crippen molar-refractivity contribution in [1.29, 1.82) is 0 Å².